The number of hydrogen-bond acceptors (Lipinski definition) is 5. The van der Waals surface area contributed by atoms with Crippen LogP contribution in [0, 0.1) is 0 Å². The molecule has 2 aromatic carbocycles. The van der Waals surface area contributed by atoms with E-state index in [1.165, 1.54) is 49.2 Å². The molecule has 132 valence electrons. The van der Waals surface area contributed by atoms with Crippen molar-refractivity contribution in [2.45, 2.75) is 5.75 Å². The maximum atomic E-state index is 12.5. The molecule has 0 unspecified atom stereocenters. The van der Waals surface area contributed by atoms with Gasteiger partial charge in [-0.05, 0) is 36.6 Å². The van der Waals surface area contributed by atoms with Crippen LogP contribution < -0.4 is 9.47 Å². The van der Waals surface area contributed by atoms with Crippen molar-refractivity contribution in [3.63, 3.8) is 0 Å². The molecule has 8 heteroatoms. The van der Waals surface area contributed by atoms with Gasteiger partial charge in [-0.1, -0.05) is 23.2 Å². The summed E-state index contributed by atoms with van der Waals surface area (Å²) < 4.78 is 10.7. The fourth-order valence-electron chi connectivity index (χ4n) is 2.12. The number of hydrogen-bond donors (Lipinski definition) is 1. The first kappa shape index (κ1) is 19.4. The van der Waals surface area contributed by atoms with Crippen LogP contribution in [-0.4, -0.2) is 30.4 Å². The van der Waals surface area contributed by atoms with Gasteiger partial charge >= 0.3 is 11.9 Å². The van der Waals surface area contributed by atoms with Crippen LogP contribution in [0.2, 0.25) is 10.0 Å². The van der Waals surface area contributed by atoms with Gasteiger partial charge in [0.05, 0.1) is 23.3 Å². The highest BCUT2D eigenvalue weighted by atomic mass is 35.5. The number of carbonyl (C=O) groups is 2. The Morgan fingerprint density at radius 2 is 1.92 bits per heavy atom. The van der Waals surface area contributed by atoms with Crippen LogP contribution in [0.25, 0.3) is 0 Å². The van der Waals surface area contributed by atoms with Crippen molar-refractivity contribution in [3.05, 3.63) is 57.1 Å². The number of thioether (sulfide) groups is 1. The maximum Gasteiger partial charge on any atom is 0.345 e. The van der Waals surface area contributed by atoms with E-state index in [0.717, 1.165) is 0 Å². The number of halogens is 2. The van der Waals surface area contributed by atoms with Crippen LogP contribution in [0.15, 0.2) is 30.3 Å². The van der Waals surface area contributed by atoms with Crippen molar-refractivity contribution in [1.82, 2.24) is 0 Å². The van der Waals surface area contributed by atoms with Gasteiger partial charge in [0.15, 0.2) is 11.5 Å². The van der Waals surface area contributed by atoms with Crippen LogP contribution in [0.1, 0.15) is 26.3 Å². The zero-order chi connectivity index (χ0) is 18.6. The van der Waals surface area contributed by atoms with Crippen molar-refractivity contribution in [2.24, 2.45) is 0 Å². The average Bonchev–Trinajstić information content (AvgIpc) is 2.55. The Morgan fingerprint density at radius 3 is 2.48 bits per heavy atom. The van der Waals surface area contributed by atoms with Gasteiger partial charge in [-0.3, -0.25) is 0 Å². The smallest absolute Gasteiger partial charge is 0.345 e. The Labute approximate surface area is 158 Å². The minimum absolute atomic E-state index is 0.0465. The minimum Gasteiger partial charge on any atom is -0.493 e. The van der Waals surface area contributed by atoms with Crippen molar-refractivity contribution in [2.75, 3.05) is 13.4 Å². The second-order valence-corrected chi connectivity index (χ2v) is 6.63. The molecular weight excluding hydrogens is 387 g/mol. The zero-order valence-corrected chi connectivity index (χ0v) is 15.7. The number of carboxylic acid groups (broad SMARTS) is 1. The molecule has 2 aromatic rings. The predicted octanol–water partition coefficient (Wildman–Crippen LogP) is 4.78. The molecule has 5 nitrogen and oxygen atoms in total. The first-order chi connectivity index (χ1) is 11.9. The normalized spacial score (nSPS) is 10.4. The molecule has 0 atom stereocenters. The quantitative estimate of drug-likeness (QED) is 0.555. The van der Waals surface area contributed by atoms with Gasteiger partial charge < -0.3 is 14.6 Å². The second-order valence-electron chi connectivity index (χ2n) is 4.92. The van der Waals surface area contributed by atoms with Crippen molar-refractivity contribution in [1.29, 1.82) is 0 Å². The SMILES string of the molecule is COc1cc(C(=O)O)cc(CSC)c1OC(=O)c1ccc(Cl)cc1Cl. The monoisotopic (exact) mass is 400 g/mol. The third-order valence-corrected chi connectivity index (χ3v) is 4.39. The largest absolute Gasteiger partial charge is 0.493 e. The number of esters is 1. The number of ether oxygens (including phenoxy) is 2. The van der Waals surface area contributed by atoms with Crippen LogP contribution in [0.5, 0.6) is 11.5 Å². The summed E-state index contributed by atoms with van der Waals surface area (Å²) in [6.07, 6.45) is 1.85. The summed E-state index contributed by atoms with van der Waals surface area (Å²) in [5.41, 5.74) is 0.721. The Morgan fingerprint density at radius 1 is 1.20 bits per heavy atom. The predicted molar refractivity (Wildman–Crippen MR) is 98.6 cm³/mol. The summed E-state index contributed by atoms with van der Waals surface area (Å²) in [5, 5.41) is 9.76. The lowest BCUT2D eigenvalue weighted by Gasteiger charge is -2.15. The van der Waals surface area contributed by atoms with E-state index < -0.39 is 11.9 Å². The minimum atomic E-state index is -1.10. The first-order valence-electron chi connectivity index (χ1n) is 6.97. The number of methoxy groups -OCH3 is 1. The first-order valence-corrected chi connectivity index (χ1v) is 9.12. The number of carboxylic acids is 1. The van der Waals surface area contributed by atoms with Crippen molar-refractivity contribution < 1.29 is 24.2 Å². The number of carbonyl (C=O) groups excluding carboxylic acids is 1. The Balaban J connectivity index is 2.46. The molecule has 0 fully saturated rings. The molecule has 0 aliphatic heterocycles. The molecule has 0 spiro atoms. The molecule has 0 amide bonds. The van der Waals surface area contributed by atoms with Crippen molar-refractivity contribution >= 4 is 46.9 Å². The van der Waals surface area contributed by atoms with Gasteiger partial charge in [0, 0.05) is 16.3 Å². The summed E-state index contributed by atoms with van der Waals surface area (Å²) in [7, 11) is 1.37. The van der Waals surface area contributed by atoms with Crippen molar-refractivity contribution in [3.8, 4) is 11.5 Å². The molecule has 2 rings (SSSR count). The van der Waals surface area contributed by atoms with Crippen LogP contribution in [0.4, 0.5) is 0 Å². The topological polar surface area (TPSA) is 72.8 Å². The van der Waals surface area contributed by atoms with Crippen LogP contribution in [0.3, 0.4) is 0 Å². The summed E-state index contributed by atoms with van der Waals surface area (Å²) >= 11 is 13.3. The summed E-state index contributed by atoms with van der Waals surface area (Å²) in [6, 6.07) is 7.18. The lowest BCUT2D eigenvalue weighted by molar-refractivity contribution is 0.0696. The molecule has 1 N–H and O–H groups in total. The third-order valence-electron chi connectivity index (χ3n) is 3.24. The summed E-state index contributed by atoms with van der Waals surface area (Å²) in [6.45, 7) is 0. The standard InChI is InChI=1S/C17H14Cl2O5S/c1-23-14-6-9(16(20)21)5-10(8-25-2)15(14)24-17(22)12-4-3-11(18)7-13(12)19/h3-7H,8H2,1-2H3,(H,20,21). The van der Waals surface area contributed by atoms with Gasteiger partial charge in [-0.2, -0.15) is 11.8 Å². The number of benzene rings is 2. The van der Waals surface area contributed by atoms with E-state index in [1.807, 2.05) is 6.26 Å². The van der Waals surface area contributed by atoms with E-state index in [0.29, 0.717) is 16.3 Å². The van der Waals surface area contributed by atoms with Gasteiger partial charge in [0.2, 0.25) is 0 Å². The Bertz CT molecular complexity index is 823. The highest BCUT2D eigenvalue weighted by Crippen LogP contribution is 2.36. The fraction of sp³-hybridized carbons (Fsp3) is 0.176. The van der Waals surface area contributed by atoms with Gasteiger partial charge in [0.1, 0.15) is 0 Å². The maximum absolute atomic E-state index is 12.5. The molecule has 0 aromatic heterocycles. The molecule has 0 saturated heterocycles. The van der Waals surface area contributed by atoms with Gasteiger partial charge in [0.25, 0.3) is 0 Å². The molecule has 0 bridgehead atoms. The molecule has 0 aliphatic rings. The lowest BCUT2D eigenvalue weighted by Crippen LogP contribution is -2.12. The van der Waals surface area contributed by atoms with E-state index >= 15 is 0 Å². The summed E-state index contributed by atoms with van der Waals surface area (Å²) in [5.74, 6) is -1.03. The molecule has 25 heavy (non-hydrogen) atoms. The Hall–Kier alpha value is -1.89. The average molecular weight is 401 g/mol. The molecule has 0 saturated carbocycles. The molecule has 0 radical (unpaired) electrons. The Kier molecular flexibility index (Phi) is 6.58. The van der Waals surface area contributed by atoms with Crippen LogP contribution in [-0.2, 0) is 5.75 Å². The molecule has 0 aliphatic carbocycles. The van der Waals surface area contributed by atoms with E-state index in [4.69, 9.17) is 32.7 Å². The summed E-state index contributed by atoms with van der Waals surface area (Å²) in [4.78, 5) is 23.7. The van der Waals surface area contributed by atoms with Gasteiger partial charge in [-0.25, -0.2) is 9.59 Å². The van der Waals surface area contributed by atoms with E-state index in [2.05, 4.69) is 0 Å². The number of rotatable bonds is 6. The van der Waals surface area contributed by atoms with E-state index in [-0.39, 0.29) is 27.6 Å². The fourth-order valence-corrected chi connectivity index (χ4v) is 3.13. The molecule has 0 heterocycles. The lowest BCUT2D eigenvalue weighted by atomic mass is 10.1. The molecular formula is C17H14Cl2O5S. The van der Waals surface area contributed by atoms with Gasteiger partial charge in [-0.15, -0.1) is 0 Å². The highest BCUT2D eigenvalue weighted by Gasteiger charge is 2.21. The van der Waals surface area contributed by atoms with Crippen LogP contribution >= 0.6 is 35.0 Å². The number of aromatic carboxylic acids is 1. The zero-order valence-electron chi connectivity index (χ0n) is 13.3. The second kappa shape index (κ2) is 8.47. The highest BCUT2D eigenvalue weighted by molar-refractivity contribution is 7.97. The third kappa shape index (κ3) is 4.60. The van der Waals surface area contributed by atoms with E-state index in [9.17, 15) is 14.7 Å². The van der Waals surface area contributed by atoms with E-state index in [1.54, 1.807) is 0 Å².